The fourth-order valence-electron chi connectivity index (χ4n) is 1.85. The van der Waals surface area contributed by atoms with Crippen LogP contribution in [0.1, 0.15) is 38.2 Å². The van der Waals surface area contributed by atoms with E-state index in [4.69, 9.17) is 0 Å². The zero-order chi connectivity index (χ0) is 10.7. The summed E-state index contributed by atoms with van der Waals surface area (Å²) in [4.78, 5) is 1.39. The second kappa shape index (κ2) is 5.04. The van der Waals surface area contributed by atoms with E-state index >= 15 is 0 Å². The van der Waals surface area contributed by atoms with Crippen LogP contribution in [0.2, 0.25) is 0 Å². The molecule has 0 saturated carbocycles. The second-order valence-corrected chi connectivity index (χ2v) is 5.70. The van der Waals surface area contributed by atoms with E-state index in [0.717, 1.165) is 0 Å². The number of thioether (sulfide) groups is 1. The summed E-state index contributed by atoms with van der Waals surface area (Å²) in [5.41, 5.74) is 1.43. The highest BCUT2D eigenvalue weighted by Gasteiger charge is 2.14. The number of hydrogen-bond donors (Lipinski definition) is 1. The molecule has 1 heterocycles. The van der Waals surface area contributed by atoms with Gasteiger partial charge in [0.15, 0.2) is 0 Å². The number of hydrogen-bond acceptors (Lipinski definition) is 2. The van der Waals surface area contributed by atoms with Crippen LogP contribution < -0.4 is 5.32 Å². The van der Waals surface area contributed by atoms with Gasteiger partial charge in [-0.1, -0.05) is 26.0 Å². The van der Waals surface area contributed by atoms with Crippen molar-refractivity contribution in [3.8, 4) is 0 Å². The maximum absolute atomic E-state index is 3.51. The molecule has 82 valence electrons. The molecule has 1 fully saturated rings. The van der Waals surface area contributed by atoms with Crippen molar-refractivity contribution in [1.82, 2.24) is 5.32 Å². The Bertz CT molecular complexity index is 299. The number of nitrogens with one attached hydrogen (secondary N) is 1. The summed E-state index contributed by atoms with van der Waals surface area (Å²) in [6.07, 6.45) is 2.62. The Morgan fingerprint density at radius 2 is 2.00 bits per heavy atom. The van der Waals surface area contributed by atoms with Gasteiger partial charge in [0.05, 0.1) is 5.37 Å². The van der Waals surface area contributed by atoms with Crippen molar-refractivity contribution in [3.05, 3.63) is 29.8 Å². The first-order valence-electron chi connectivity index (χ1n) is 5.76. The quantitative estimate of drug-likeness (QED) is 0.837. The Labute approximate surface area is 96.7 Å². The van der Waals surface area contributed by atoms with Crippen molar-refractivity contribution < 1.29 is 0 Å². The summed E-state index contributed by atoms with van der Waals surface area (Å²) in [6, 6.07) is 9.00. The Morgan fingerprint density at radius 1 is 1.27 bits per heavy atom. The van der Waals surface area contributed by atoms with E-state index in [2.05, 4.69) is 43.4 Å². The molecule has 0 spiro atoms. The summed E-state index contributed by atoms with van der Waals surface area (Å²) >= 11 is 1.96. The summed E-state index contributed by atoms with van der Waals surface area (Å²) in [5.74, 6) is 0.633. The first kappa shape index (κ1) is 11.0. The van der Waals surface area contributed by atoms with E-state index < -0.39 is 0 Å². The molecule has 1 unspecified atom stereocenters. The van der Waals surface area contributed by atoms with Crippen molar-refractivity contribution in [2.75, 3.05) is 6.54 Å². The molecular weight excluding hydrogens is 202 g/mol. The SMILES string of the molecule is CC(C)c1ccc(SC2CCCN2)cc1. The van der Waals surface area contributed by atoms with E-state index in [1.165, 1.54) is 29.8 Å². The van der Waals surface area contributed by atoms with Gasteiger partial charge in [0, 0.05) is 4.90 Å². The monoisotopic (exact) mass is 221 g/mol. The summed E-state index contributed by atoms with van der Waals surface area (Å²) in [5, 5.41) is 4.14. The van der Waals surface area contributed by atoms with Crippen molar-refractivity contribution >= 4 is 11.8 Å². The first-order chi connectivity index (χ1) is 7.25. The molecule has 0 aromatic heterocycles. The van der Waals surface area contributed by atoms with Gasteiger partial charge in [-0.25, -0.2) is 0 Å². The molecule has 0 aliphatic carbocycles. The predicted molar refractivity (Wildman–Crippen MR) is 67.4 cm³/mol. The van der Waals surface area contributed by atoms with Crippen molar-refractivity contribution in [2.45, 2.75) is 42.9 Å². The fraction of sp³-hybridized carbons (Fsp3) is 0.538. The molecule has 0 radical (unpaired) electrons. The third-order valence-electron chi connectivity index (χ3n) is 2.84. The van der Waals surface area contributed by atoms with Gasteiger partial charge in [-0.3, -0.25) is 0 Å². The summed E-state index contributed by atoms with van der Waals surface area (Å²) in [7, 11) is 0. The molecule has 1 aromatic rings. The minimum absolute atomic E-state index is 0.633. The topological polar surface area (TPSA) is 12.0 Å². The summed E-state index contributed by atoms with van der Waals surface area (Å²) < 4.78 is 0. The van der Waals surface area contributed by atoms with Gasteiger partial charge in [-0.05, 0) is 43.0 Å². The average molecular weight is 221 g/mol. The molecule has 0 bridgehead atoms. The highest BCUT2D eigenvalue weighted by Crippen LogP contribution is 2.28. The number of benzene rings is 1. The molecular formula is C13H19NS. The summed E-state index contributed by atoms with van der Waals surface area (Å²) in [6.45, 7) is 5.66. The van der Waals surface area contributed by atoms with E-state index in [-0.39, 0.29) is 0 Å². The average Bonchev–Trinajstić information content (AvgIpc) is 2.71. The van der Waals surface area contributed by atoms with Crippen LogP contribution in [-0.4, -0.2) is 11.9 Å². The standard InChI is InChI=1S/C13H19NS/c1-10(2)11-5-7-12(8-6-11)15-13-4-3-9-14-13/h5-8,10,13-14H,3-4,9H2,1-2H3. The second-order valence-electron chi connectivity index (χ2n) is 4.43. The normalized spacial score (nSPS) is 21.1. The molecule has 1 atom stereocenters. The molecule has 0 amide bonds. The van der Waals surface area contributed by atoms with E-state index in [1.54, 1.807) is 0 Å². The lowest BCUT2D eigenvalue weighted by Gasteiger charge is -2.11. The molecule has 2 heteroatoms. The molecule has 1 aliphatic rings. The highest BCUT2D eigenvalue weighted by molar-refractivity contribution is 7.99. The van der Waals surface area contributed by atoms with Crippen molar-refractivity contribution in [2.24, 2.45) is 0 Å². The fourth-order valence-corrected chi connectivity index (χ4v) is 2.96. The lowest BCUT2D eigenvalue weighted by Crippen LogP contribution is -2.16. The van der Waals surface area contributed by atoms with Gasteiger partial charge >= 0.3 is 0 Å². The maximum Gasteiger partial charge on any atom is 0.0580 e. The van der Waals surface area contributed by atoms with Crippen LogP contribution in [0.5, 0.6) is 0 Å². The van der Waals surface area contributed by atoms with Gasteiger partial charge < -0.3 is 5.32 Å². The highest BCUT2D eigenvalue weighted by atomic mass is 32.2. The van der Waals surface area contributed by atoms with Gasteiger partial charge in [-0.2, -0.15) is 0 Å². The maximum atomic E-state index is 3.51. The Morgan fingerprint density at radius 3 is 2.53 bits per heavy atom. The van der Waals surface area contributed by atoms with Crippen LogP contribution >= 0.6 is 11.8 Å². The third-order valence-corrected chi connectivity index (χ3v) is 4.07. The van der Waals surface area contributed by atoms with E-state index in [1.807, 2.05) is 11.8 Å². The van der Waals surface area contributed by atoms with Crippen LogP contribution in [0, 0.1) is 0 Å². The first-order valence-corrected chi connectivity index (χ1v) is 6.63. The Balaban J connectivity index is 1.97. The lowest BCUT2D eigenvalue weighted by molar-refractivity contribution is 0.805. The Hall–Kier alpha value is -0.470. The van der Waals surface area contributed by atoms with Crippen LogP contribution in [-0.2, 0) is 0 Å². The molecule has 2 rings (SSSR count). The van der Waals surface area contributed by atoms with Crippen molar-refractivity contribution in [1.29, 1.82) is 0 Å². The lowest BCUT2D eigenvalue weighted by atomic mass is 10.0. The largest absolute Gasteiger partial charge is 0.305 e. The van der Waals surface area contributed by atoms with Crippen LogP contribution in [0.4, 0.5) is 0 Å². The van der Waals surface area contributed by atoms with Crippen LogP contribution in [0.25, 0.3) is 0 Å². The molecule has 15 heavy (non-hydrogen) atoms. The molecule has 1 saturated heterocycles. The predicted octanol–water partition coefficient (Wildman–Crippen LogP) is 3.61. The zero-order valence-corrected chi connectivity index (χ0v) is 10.3. The van der Waals surface area contributed by atoms with Crippen molar-refractivity contribution in [3.63, 3.8) is 0 Å². The third kappa shape index (κ3) is 2.99. The minimum atomic E-state index is 0.633. The number of rotatable bonds is 3. The van der Waals surface area contributed by atoms with Gasteiger partial charge in [-0.15, -0.1) is 11.8 Å². The molecule has 1 N–H and O–H groups in total. The smallest absolute Gasteiger partial charge is 0.0580 e. The minimum Gasteiger partial charge on any atom is -0.305 e. The Kier molecular flexibility index (Phi) is 3.71. The van der Waals surface area contributed by atoms with E-state index in [9.17, 15) is 0 Å². The molecule has 1 nitrogen and oxygen atoms in total. The van der Waals surface area contributed by atoms with E-state index in [0.29, 0.717) is 11.3 Å². The van der Waals surface area contributed by atoms with Gasteiger partial charge in [0.1, 0.15) is 0 Å². The molecule has 1 aromatic carbocycles. The molecule has 1 aliphatic heterocycles. The van der Waals surface area contributed by atoms with Crippen LogP contribution in [0.15, 0.2) is 29.2 Å². The zero-order valence-electron chi connectivity index (χ0n) is 9.49. The van der Waals surface area contributed by atoms with Gasteiger partial charge in [0.2, 0.25) is 0 Å². The van der Waals surface area contributed by atoms with Crippen LogP contribution in [0.3, 0.4) is 0 Å². The van der Waals surface area contributed by atoms with Gasteiger partial charge in [0.25, 0.3) is 0 Å².